The second kappa shape index (κ2) is 3.43. The molecule has 0 aliphatic heterocycles. The normalized spacial score (nSPS) is 11.7. The predicted octanol–water partition coefficient (Wildman–Crippen LogP) is 2.71. The summed E-state index contributed by atoms with van der Waals surface area (Å²) in [4.78, 5) is 3.13. The summed E-state index contributed by atoms with van der Waals surface area (Å²) in [6.07, 6.45) is 1.13. The average Bonchev–Trinajstić information content (AvgIpc) is 2.05. The summed E-state index contributed by atoms with van der Waals surface area (Å²) in [5.41, 5.74) is -0.679. The lowest BCUT2D eigenvalue weighted by atomic mass is 10.2. The van der Waals surface area contributed by atoms with Gasteiger partial charge in [0, 0.05) is 6.20 Å². The van der Waals surface area contributed by atoms with E-state index in [0.717, 1.165) is 12.3 Å². The Morgan fingerprint density at radius 2 is 2.17 bits per heavy atom. The maximum atomic E-state index is 12.8. The number of nitrogens with zero attached hydrogens (tertiary/aromatic N) is 1. The Kier molecular flexibility index (Phi) is 2.72. The van der Waals surface area contributed by atoms with Crippen LogP contribution in [0.5, 0.6) is 0 Å². The molecule has 0 N–H and O–H groups in total. The minimum Gasteiger partial charge on any atom is -0.228 e. The number of rotatable bonds is 2. The van der Waals surface area contributed by atoms with Gasteiger partial charge >= 0.3 is 0 Å². The van der Waals surface area contributed by atoms with Gasteiger partial charge in [0.1, 0.15) is 0 Å². The van der Waals surface area contributed by atoms with Crippen molar-refractivity contribution in [1.29, 1.82) is 0 Å². The molecule has 0 atom stereocenters. The highest BCUT2D eigenvalue weighted by Crippen LogP contribution is 2.30. The molecule has 0 fully saturated rings. The van der Waals surface area contributed by atoms with Crippen molar-refractivity contribution in [2.24, 2.45) is 0 Å². The Bertz CT molecular complexity index is 277. The third-order valence-electron chi connectivity index (χ3n) is 1.32. The monoisotopic (exact) mass is 239 g/mol. The maximum absolute atomic E-state index is 12.8. The lowest BCUT2D eigenvalue weighted by Crippen LogP contribution is -2.17. The van der Waals surface area contributed by atoms with Crippen molar-refractivity contribution in [1.82, 2.24) is 4.98 Å². The molecule has 0 amide bonds. The zero-order chi connectivity index (χ0) is 9.19. The quantitative estimate of drug-likeness (QED) is 0.572. The fourth-order valence-electron chi connectivity index (χ4n) is 0.731. The van der Waals surface area contributed by atoms with Crippen molar-refractivity contribution >= 4 is 15.9 Å². The minimum atomic E-state index is -3.20. The first-order chi connectivity index (χ1) is 5.58. The predicted molar refractivity (Wildman–Crippen MR) is 41.9 cm³/mol. The first-order valence-electron chi connectivity index (χ1n) is 3.12. The first kappa shape index (κ1) is 9.51. The Labute approximate surface area is 75.7 Å². The number of alkyl halides is 3. The first-order valence-corrected chi connectivity index (χ1v) is 4.25. The molecule has 5 heteroatoms. The van der Waals surface area contributed by atoms with E-state index in [1.807, 2.05) is 0 Å². The lowest BCUT2D eigenvalue weighted by Gasteiger charge is -2.12. The largest absolute Gasteiger partial charge is 0.287 e. The molecular weight excluding hydrogens is 235 g/mol. The van der Waals surface area contributed by atoms with Crippen molar-refractivity contribution in [2.75, 3.05) is 5.33 Å². The summed E-state index contributed by atoms with van der Waals surface area (Å²) in [6, 6.07) is 2.29. The van der Waals surface area contributed by atoms with Gasteiger partial charge in [-0.2, -0.15) is 4.39 Å². The molecule has 0 radical (unpaired) electrons. The topological polar surface area (TPSA) is 12.9 Å². The molecule has 1 aromatic rings. The third kappa shape index (κ3) is 1.77. The van der Waals surface area contributed by atoms with Gasteiger partial charge in [-0.3, -0.25) is 0 Å². The van der Waals surface area contributed by atoms with E-state index >= 15 is 0 Å². The molecule has 0 saturated carbocycles. The second-order valence-corrected chi connectivity index (χ2v) is 2.74. The van der Waals surface area contributed by atoms with Crippen LogP contribution in [0.2, 0.25) is 0 Å². The molecule has 0 aliphatic rings. The van der Waals surface area contributed by atoms with Crippen LogP contribution < -0.4 is 0 Å². The van der Waals surface area contributed by atoms with E-state index in [1.54, 1.807) is 0 Å². The van der Waals surface area contributed by atoms with Crippen LogP contribution >= 0.6 is 15.9 Å². The van der Waals surface area contributed by atoms with Gasteiger partial charge in [0.2, 0.25) is 5.95 Å². The molecule has 1 rings (SSSR count). The van der Waals surface area contributed by atoms with Gasteiger partial charge in [0.25, 0.3) is 5.92 Å². The molecule has 0 aromatic carbocycles. The minimum absolute atomic E-state index is 0.609. The van der Waals surface area contributed by atoms with E-state index in [2.05, 4.69) is 20.9 Å². The van der Waals surface area contributed by atoms with E-state index < -0.39 is 22.8 Å². The second-order valence-electron chi connectivity index (χ2n) is 2.18. The third-order valence-corrected chi connectivity index (χ3v) is 2.03. The summed E-state index contributed by atoms with van der Waals surface area (Å²) < 4.78 is 38.3. The fraction of sp³-hybridized carbons (Fsp3) is 0.286. The molecule has 1 aromatic heterocycles. The molecule has 0 saturated heterocycles. The van der Waals surface area contributed by atoms with Gasteiger partial charge < -0.3 is 0 Å². The summed E-state index contributed by atoms with van der Waals surface area (Å²) in [5, 5.41) is -0.609. The van der Waals surface area contributed by atoms with E-state index in [0.29, 0.717) is 0 Å². The Morgan fingerprint density at radius 3 is 2.67 bits per heavy atom. The molecule has 0 bridgehead atoms. The van der Waals surface area contributed by atoms with Gasteiger partial charge in [0.05, 0.1) is 10.9 Å². The van der Waals surface area contributed by atoms with Crippen molar-refractivity contribution < 1.29 is 13.2 Å². The van der Waals surface area contributed by atoms with E-state index in [-0.39, 0.29) is 0 Å². The van der Waals surface area contributed by atoms with Crippen molar-refractivity contribution in [3.05, 3.63) is 29.8 Å². The van der Waals surface area contributed by atoms with Crippen LogP contribution in [0.1, 0.15) is 5.56 Å². The van der Waals surface area contributed by atoms with Gasteiger partial charge in [0.15, 0.2) is 0 Å². The van der Waals surface area contributed by atoms with E-state index in [9.17, 15) is 13.2 Å². The van der Waals surface area contributed by atoms with Crippen LogP contribution in [0.15, 0.2) is 18.3 Å². The van der Waals surface area contributed by atoms with Crippen LogP contribution in [-0.4, -0.2) is 10.3 Å². The Hall–Kier alpha value is -0.580. The number of pyridine rings is 1. The van der Waals surface area contributed by atoms with E-state index in [4.69, 9.17) is 0 Å². The zero-order valence-electron chi connectivity index (χ0n) is 5.90. The molecule has 1 heterocycles. The van der Waals surface area contributed by atoms with Crippen LogP contribution in [0, 0.1) is 5.95 Å². The Morgan fingerprint density at radius 1 is 1.50 bits per heavy atom. The zero-order valence-corrected chi connectivity index (χ0v) is 7.48. The standard InChI is InChI=1S/C7H5BrF3N/c8-4-7(10,11)5-2-1-3-12-6(5)9/h1-3H,4H2. The highest BCUT2D eigenvalue weighted by molar-refractivity contribution is 9.09. The highest BCUT2D eigenvalue weighted by atomic mass is 79.9. The molecule has 0 unspecified atom stereocenters. The van der Waals surface area contributed by atoms with Gasteiger partial charge in [-0.05, 0) is 12.1 Å². The van der Waals surface area contributed by atoms with Crippen LogP contribution in [0.4, 0.5) is 13.2 Å². The number of aromatic nitrogens is 1. The average molecular weight is 240 g/mol. The SMILES string of the molecule is Fc1ncccc1C(F)(F)CBr. The summed E-state index contributed by atoms with van der Waals surface area (Å²) >= 11 is 2.60. The van der Waals surface area contributed by atoms with Crippen molar-refractivity contribution in [3.63, 3.8) is 0 Å². The molecule has 12 heavy (non-hydrogen) atoms. The molecule has 0 aliphatic carbocycles. The fourth-order valence-corrected chi connectivity index (χ4v) is 1.03. The lowest BCUT2D eigenvalue weighted by molar-refractivity contribution is 0.0200. The number of halogens is 4. The number of hydrogen-bond acceptors (Lipinski definition) is 1. The Balaban J connectivity index is 3.10. The van der Waals surface area contributed by atoms with Crippen molar-refractivity contribution in [2.45, 2.75) is 5.92 Å². The van der Waals surface area contributed by atoms with Crippen LogP contribution in [0.3, 0.4) is 0 Å². The van der Waals surface area contributed by atoms with Crippen molar-refractivity contribution in [3.8, 4) is 0 Å². The van der Waals surface area contributed by atoms with E-state index in [1.165, 1.54) is 6.07 Å². The molecular formula is C7H5BrF3N. The van der Waals surface area contributed by atoms with Gasteiger partial charge in [-0.25, -0.2) is 13.8 Å². The summed E-state index contributed by atoms with van der Waals surface area (Å²) in [6.45, 7) is 0. The number of hydrogen-bond donors (Lipinski definition) is 0. The van der Waals surface area contributed by atoms with Crippen LogP contribution in [0.25, 0.3) is 0 Å². The maximum Gasteiger partial charge on any atom is 0.287 e. The molecule has 66 valence electrons. The molecule has 1 nitrogen and oxygen atoms in total. The summed E-state index contributed by atoms with van der Waals surface area (Å²) in [5.74, 6) is -4.32. The van der Waals surface area contributed by atoms with Gasteiger partial charge in [-0.1, -0.05) is 15.9 Å². The van der Waals surface area contributed by atoms with Gasteiger partial charge in [-0.15, -0.1) is 0 Å². The highest BCUT2D eigenvalue weighted by Gasteiger charge is 2.33. The summed E-state index contributed by atoms with van der Waals surface area (Å²) in [7, 11) is 0. The molecule has 0 spiro atoms. The smallest absolute Gasteiger partial charge is 0.228 e. The van der Waals surface area contributed by atoms with Crippen LogP contribution in [-0.2, 0) is 5.92 Å².